The number of aliphatic hydroxyl groups is 1. The van der Waals surface area contributed by atoms with Crippen molar-refractivity contribution in [1.29, 1.82) is 0 Å². The molecule has 1 unspecified atom stereocenters. The number of nitrogens with zero attached hydrogens (tertiary/aromatic N) is 6. The topological polar surface area (TPSA) is 101 Å². The number of Topliss-reactive ketones (excluding diaryl/α,β-unsaturated/α-hetero) is 1. The Morgan fingerprint density at radius 1 is 1.24 bits per heavy atom. The van der Waals surface area contributed by atoms with Crippen LogP contribution >= 0.6 is 0 Å². The van der Waals surface area contributed by atoms with Crippen LogP contribution in [0.4, 0.5) is 24.8 Å². The van der Waals surface area contributed by atoms with Crippen molar-refractivity contribution in [2.24, 2.45) is 7.05 Å². The maximum absolute atomic E-state index is 13.1. The second-order valence-corrected chi connectivity index (χ2v) is 9.21. The zero-order valence-corrected chi connectivity index (χ0v) is 20.3. The van der Waals surface area contributed by atoms with E-state index in [0.717, 1.165) is 30.6 Å². The monoisotopic (exact) mass is 513 g/mol. The quantitative estimate of drug-likeness (QED) is 0.362. The van der Waals surface area contributed by atoms with E-state index in [-0.39, 0.29) is 24.0 Å². The van der Waals surface area contributed by atoms with E-state index in [1.807, 2.05) is 13.1 Å². The molecule has 1 aromatic carbocycles. The van der Waals surface area contributed by atoms with E-state index >= 15 is 0 Å². The Morgan fingerprint density at radius 2 is 2.05 bits per heavy atom. The third kappa shape index (κ3) is 4.94. The molecule has 1 aliphatic heterocycles. The molecule has 3 aromatic heterocycles. The SMILES string of the molecule is Cc1nn(-c2ccnc(Nc3ccc4c(c3)c(C(=O)C(F)(F)F)cn4C)n2)cc1CN1CCCC1CO. The summed E-state index contributed by atoms with van der Waals surface area (Å²) in [5, 5.41) is 17.4. The number of aromatic nitrogens is 5. The smallest absolute Gasteiger partial charge is 0.395 e. The van der Waals surface area contributed by atoms with Crippen molar-refractivity contribution < 1.29 is 23.1 Å². The van der Waals surface area contributed by atoms with Gasteiger partial charge in [-0.25, -0.2) is 9.67 Å². The lowest BCUT2D eigenvalue weighted by molar-refractivity contribution is -0.0884. The van der Waals surface area contributed by atoms with Crippen molar-refractivity contribution in [1.82, 2.24) is 29.2 Å². The molecule has 2 N–H and O–H groups in total. The second-order valence-electron chi connectivity index (χ2n) is 9.21. The number of anilines is 2. The fourth-order valence-corrected chi connectivity index (χ4v) is 4.77. The fourth-order valence-electron chi connectivity index (χ4n) is 4.77. The number of hydrogen-bond acceptors (Lipinski definition) is 7. The van der Waals surface area contributed by atoms with Crippen molar-refractivity contribution in [3.63, 3.8) is 0 Å². The van der Waals surface area contributed by atoms with Crippen LogP contribution in [-0.4, -0.2) is 65.5 Å². The van der Waals surface area contributed by atoms with Crippen LogP contribution in [0.1, 0.15) is 34.5 Å². The van der Waals surface area contributed by atoms with Gasteiger partial charge < -0.3 is 15.0 Å². The third-order valence-electron chi connectivity index (χ3n) is 6.71. The van der Waals surface area contributed by atoms with Gasteiger partial charge in [-0.15, -0.1) is 0 Å². The molecule has 1 atom stereocenters. The van der Waals surface area contributed by atoms with Crippen molar-refractivity contribution in [2.75, 3.05) is 18.5 Å². The van der Waals surface area contributed by atoms with Crippen molar-refractivity contribution >= 4 is 28.3 Å². The summed E-state index contributed by atoms with van der Waals surface area (Å²) in [7, 11) is 1.59. The number of nitrogens with one attached hydrogen (secondary N) is 1. The minimum Gasteiger partial charge on any atom is -0.395 e. The van der Waals surface area contributed by atoms with Gasteiger partial charge in [0, 0.05) is 66.4 Å². The highest BCUT2D eigenvalue weighted by Gasteiger charge is 2.40. The maximum atomic E-state index is 13.1. The van der Waals surface area contributed by atoms with E-state index in [4.69, 9.17) is 0 Å². The minimum absolute atomic E-state index is 0.134. The number of hydrogen-bond donors (Lipinski definition) is 2. The average Bonchev–Trinajstić information content (AvgIpc) is 3.56. The molecule has 0 aliphatic carbocycles. The number of ketones is 1. The molecule has 0 amide bonds. The molecule has 1 saturated heterocycles. The van der Waals surface area contributed by atoms with Crippen molar-refractivity contribution in [3.8, 4) is 5.82 Å². The molecule has 0 saturated carbocycles. The van der Waals surface area contributed by atoms with Crippen molar-refractivity contribution in [2.45, 2.75) is 38.5 Å². The van der Waals surface area contributed by atoms with Crippen LogP contribution in [0.3, 0.4) is 0 Å². The van der Waals surface area contributed by atoms with E-state index < -0.39 is 17.5 Å². The minimum atomic E-state index is -4.97. The number of halogens is 3. The highest BCUT2D eigenvalue weighted by Crippen LogP contribution is 2.30. The molecule has 12 heteroatoms. The van der Waals surface area contributed by atoms with E-state index in [1.165, 1.54) is 16.8 Å². The predicted octanol–water partition coefficient (Wildman–Crippen LogP) is 3.91. The first-order valence-corrected chi connectivity index (χ1v) is 11.8. The zero-order valence-electron chi connectivity index (χ0n) is 20.3. The summed E-state index contributed by atoms with van der Waals surface area (Å²) >= 11 is 0. The van der Waals surface area contributed by atoms with E-state index in [0.29, 0.717) is 23.6 Å². The van der Waals surface area contributed by atoms with Crippen LogP contribution in [0, 0.1) is 6.92 Å². The van der Waals surface area contributed by atoms with E-state index in [1.54, 1.807) is 36.1 Å². The number of fused-ring (bicyclic) bond motifs is 1. The number of alkyl halides is 3. The summed E-state index contributed by atoms with van der Waals surface area (Å²) in [6.07, 6.45) is 1.71. The van der Waals surface area contributed by atoms with Crippen molar-refractivity contribution in [3.05, 3.63) is 59.7 Å². The van der Waals surface area contributed by atoms with Gasteiger partial charge >= 0.3 is 6.18 Å². The average molecular weight is 514 g/mol. The van der Waals surface area contributed by atoms with Gasteiger partial charge in [0.1, 0.15) is 0 Å². The Balaban J connectivity index is 1.39. The summed E-state index contributed by atoms with van der Waals surface area (Å²) in [6, 6.07) is 6.66. The van der Waals surface area contributed by atoms with Crippen LogP contribution in [-0.2, 0) is 13.6 Å². The molecule has 0 spiro atoms. The van der Waals surface area contributed by atoms with Crippen LogP contribution in [0.25, 0.3) is 16.7 Å². The van der Waals surface area contributed by atoms with Gasteiger partial charge in [-0.1, -0.05) is 0 Å². The molecular weight excluding hydrogens is 487 g/mol. The Morgan fingerprint density at radius 3 is 2.81 bits per heavy atom. The molecule has 9 nitrogen and oxygen atoms in total. The van der Waals surface area contributed by atoms with Gasteiger partial charge in [-0.3, -0.25) is 9.69 Å². The van der Waals surface area contributed by atoms with E-state index in [2.05, 4.69) is 25.3 Å². The number of carbonyl (C=O) groups is 1. The number of rotatable bonds is 7. The predicted molar refractivity (Wildman–Crippen MR) is 131 cm³/mol. The van der Waals surface area contributed by atoms with Gasteiger partial charge in [-0.2, -0.15) is 23.3 Å². The molecule has 4 aromatic rings. The fraction of sp³-hybridized carbons (Fsp3) is 0.360. The second kappa shape index (κ2) is 9.60. The highest BCUT2D eigenvalue weighted by atomic mass is 19.4. The summed E-state index contributed by atoms with van der Waals surface area (Å²) in [4.78, 5) is 22.9. The number of likely N-dealkylation sites (tertiary alicyclic amines) is 1. The van der Waals surface area contributed by atoms with Crippen LogP contribution < -0.4 is 5.32 Å². The largest absolute Gasteiger partial charge is 0.454 e. The Hall–Kier alpha value is -3.77. The summed E-state index contributed by atoms with van der Waals surface area (Å²) < 4.78 is 42.4. The van der Waals surface area contributed by atoms with Crippen LogP contribution in [0.15, 0.2) is 42.9 Å². The molecule has 1 fully saturated rings. The van der Waals surface area contributed by atoms with Crippen LogP contribution in [0.5, 0.6) is 0 Å². The molecule has 5 rings (SSSR count). The lowest BCUT2D eigenvalue weighted by Crippen LogP contribution is -2.31. The third-order valence-corrected chi connectivity index (χ3v) is 6.71. The molecule has 37 heavy (non-hydrogen) atoms. The molecule has 194 valence electrons. The molecule has 1 aliphatic rings. The van der Waals surface area contributed by atoms with E-state index in [9.17, 15) is 23.1 Å². The number of carbonyl (C=O) groups excluding carboxylic acids is 1. The normalized spacial score (nSPS) is 16.5. The summed E-state index contributed by atoms with van der Waals surface area (Å²) in [6.45, 7) is 3.67. The Labute approximate surface area is 210 Å². The van der Waals surface area contributed by atoms with Gasteiger partial charge in [0.05, 0.1) is 17.9 Å². The number of benzene rings is 1. The number of aliphatic hydroxyl groups excluding tert-OH is 1. The molecule has 0 radical (unpaired) electrons. The Kier molecular flexibility index (Phi) is 6.46. The lowest BCUT2D eigenvalue weighted by atomic mass is 10.1. The van der Waals surface area contributed by atoms with Gasteiger partial charge in [0.25, 0.3) is 5.78 Å². The first-order chi connectivity index (χ1) is 17.6. The van der Waals surface area contributed by atoms with Gasteiger partial charge in [0.15, 0.2) is 5.82 Å². The Bertz CT molecular complexity index is 1460. The molecular formula is C25H26F3N7O2. The summed E-state index contributed by atoms with van der Waals surface area (Å²) in [5.41, 5.74) is 2.41. The lowest BCUT2D eigenvalue weighted by Gasteiger charge is -2.22. The first-order valence-electron chi connectivity index (χ1n) is 11.8. The van der Waals surface area contributed by atoms with Crippen LogP contribution in [0.2, 0.25) is 0 Å². The standard InChI is InChI=1S/C25H26F3N7O2/c1-15-16(11-34-9-3-4-18(34)14-36)12-35(32-15)22-7-8-29-24(31-22)30-17-5-6-21-19(10-17)20(13-33(21)2)23(37)25(26,27)28/h5-8,10,12-13,18,36H,3-4,9,11,14H2,1-2H3,(H,29,30,31). The number of aryl methyl sites for hydroxylation is 2. The molecule has 0 bridgehead atoms. The van der Waals surface area contributed by atoms with Gasteiger partial charge in [-0.05, 0) is 44.5 Å². The molecule has 4 heterocycles. The maximum Gasteiger partial charge on any atom is 0.454 e. The highest BCUT2D eigenvalue weighted by molar-refractivity contribution is 6.11. The zero-order chi connectivity index (χ0) is 26.3. The van der Waals surface area contributed by atoms with Gasteiger partial charge in [0.2, 0.25) is 5.95 Å². The first kappa shape index (κ1) is 24.9. The summed E-state index contributed by atoms with van der Waals surface area (Å²) in [5.74, 6) is -1.15.